The summed E-state index contributed by atoms with van der Waals surface area (Å²) in [6, 6.07) is 11.9. The Balaban J connectivity index is 2.02. The molecule has 0 unspecified atom stereocenters. The summed E-state index contributed by atoms with van der Waals surface area (Å²) in [6.45, 7) is 0. The van der Waals surface area contributed by atoms with Crippen LogP contribution in [0, 0.1) is 0 Å². The maximum Gasteiger partial charge on any atom is 0.274 e. The first-order valence-electron chi connectivity index (χ1n) is 5.62. The summed E-state index contributed by atoms with van der Waals surface area (Å²) in [5, 5.41) is 3.87. The molecule has 3 rings (SSSR count). The number of hydrogen-bond acceptors (Lipinski definition) is 5. The number of aromatic amines is 1. The Kier molecular flexibility index (Phi) is 2.60. The van der Waals surface area contributed by atoms with Crippen molar-refractivity contribution >= 4 is 5.69 Å². The number of hydrogen-bond donors (Lipinski definition) is 2. The molecule has 0 spiro atoms. The lowest BCUT2D eigenvalue weighted by Crippen LogP contribution is -2.03. The minimum Gasteiger partial charge on any atom is -0.399 e. The molecule has 0 amide bonds. The summed E-state index contributed by atoms with van der Waals surface area (Å²) in [6.07, 6.45) is 0. The van der Waals surface area contributed by atoms with Crippen LogP contribution in [0.2, 0.25) is 0 Å². The van der Waals surface area contributed by atoms with Gasteiger partial charge in [-0.15, -0.1) is 0 Å². The number of benzene rings is 1. The van der Waals surface area contributed by atoms with Crippen LogP contribution in [-0.4, -0.2) is 15.1 Å². The van der Waals surface area contributed by atoms with E-state index in [1.807, 2.05) is 12.1 Å². The molecule has 0 bridgehead atoms. The number of nitrogens with zero attached hydrogens (tertiary/aromatic N) is 2. The van der Waals surface area contributed by atoms with Gasteiger partial charge in [-0.1, -0.05) is 23.4 Å². The smallest absolute Gasteiger partial charge is 0.274 e. The molecule has 2 heterocycles. The van der Waals surface area contributed by atoms with E-state index in [1.54, 1.807) is 24.3 Å². The van der Waals surface area contributed by atoms with Gasteiger partial charge >= 0.3 is 0 Å². The Morgan fingerprint density at radius 2 is 2.00 bits per heavy atom. The van der Waals surface area contributed by atoms with E-state index in [4.69, 9.17) is 10.3 Å². The van der Waals surface area contributed by atoms with E-state index < -0.39 is 0 Å². The number of aromatic nitrogens is 3. The van der Waals surface area contributed by atoms with E-state index >= 15 is 0 Å². The molecule has 6 nitrogen and oxygen atoms in total. The van der Waals surface area contributed by atoms with Crippen LogP contribution in [0.15, 0.2) is 51.8 Å². The molecule has 6 heteroatoms. The predicted octanol–water partition coefficient (Wildman–Crippen LogP) is 1.67. The standard InChI is InChI=1S/C13H10N4O2/c14-9-4-1-3-8(7-9)12-16-13(19-17-12)10-5-2-6-11(18)15-10/h1-7H,14H2,(H,15,18). The second-order valence-corrected chi connectivity index (χ2v) is 3.98. The first-order chi connectivity index (χ1) is 9.22. The molecule has 2 aromatic heterocycles. The summed E-state index contributed by atoms with van der Waals surface area (Å²) in [4.78, 5) is 18.1. The number of rotatable bonds is 2. The molecule has 19 heavy (non-hydrogen) atoms. The van der Waals surface area contributed by atoms with Crippen molar-refractivity contribution in [3.63, 3.8) is 0 Å². The molecule has 0 radical (unpaired) electrons. The van der Waals surface area contributed by atoms with Crippen LogP contribution in [0.3, 0.4) is 0 Å². The highest BCUT2D eigenvalue weighted by molar-refractivity contribution is 5.62. The van der Waals surface area contributed by atoms with Crippen molar-refractivity contribution in [3.8, 4) is 23.0 Å². The lowest BCUT2D eigenvalue weighted by atomic mass is 10.2. The molecule has 0 saturated carbocycles. The molecule has 3 N–H and O–H groups in total. The summed E-state index contributed by atoms with van der Waals surface area (Å²) in [5.41, 5.74) is 7.34. The lowest BCUT2D eigenvalue weighted by Gasteiger charge is -1.95. The van der Waals surface area contributed by atoms with Gasteiger partial charge in [-0.3, -0.25) is 4.79 Å². The molecular formula is C13H10N4O2. The van der Waals surface area contributed by atoms with Gasteiger partial charge in [0.2, 0.25) is 11.4 Å². The molecule has 0 atom stereocenters. The molecule has 0 saturated heterocycles. The highest BCUT2D eigenvalue weighted by atomic mass is 16.5. The molecule has 1 aromatic carbocycles. The zero-order valence-electron chi connectivity index (χ0n) is 9.83. The average Bonchev–Trinajstić information content (AvgIpc) is 2.88. The van der Waals surface area contributed by atoms with Crippen molar-refractivity contribution in [2.75, 3.05) is 5.73 Å². The Hall–Kier alpha value is -2.89. The Morgan fingerprint density at radius 3 is 2.79 bits per heavy atom. The second kappa shape index (κ2) is 4.41. The number of H-pyrrole nitrogens is 1. The van der Waals surface area contributed by atoms with E-state index in [0.29, 0.717) is 17.2 Å². The summed E-state index contributed by atoms with van der Waals surface area (Å²) in [5.74, 6) is 0.683. The van der Waals surface area contributed by atoms with Gasteiger partial charge in [-0.25, -0.2) is 0 Å². The number of pyridine rings is 1. The maximum absolute atomic E-state index is 11.2. The SMILES string of the molecule is Nc1cccc(-c2noc(-c3cccc(=O)[nH]3)n2)c1. The van der Waals surface area contributed by atoms with Gasteiger partial charge in [-0.2, -0.15) is 4.98 Å². The Labute approximate surface area is 107 Å². The quantitative estimate of drug-likeness (QED) is 0.678. The van der Waals surface area contributed by atoms with Crippen LogP contribution in [0.4, 0.5) is 5.69 Å². The summed E-state index contributed by atoms with van der Waals surface area (Å²) >= 11 is 0. The third-order valence-corrected chi connectivity index (χ3v) is 2.57. The zero-order valence-corrected chi connectivity index (χ0v) is 9.83. The van der Waals surface area contributed by atoms with Crippen molar-refractivity contribution in [2.45, 2.75) is 0 Å². The van der Waals surface area contributed by atoms with Crippen LogP contribution in [-0.2, 0) is 0 Å². The van der Waals surface area contributed by atoms with Gasteiger partial charge in [0.15, 0.2) is 0 Å². The predicted molar refractivity (Wildman–Crippen MR) is 70.2 cm³/mol. The van der Waals surface area contributed by atoms with Gasteiger partial charge in [0.1, 0.15) is 5.69 Å². The van der Waals surface area contributed by atoms with Crippen molar-refractivity contribution < 1.29 is 4.52 Å². The van der Waals surface area contributed by atoms with Crippen LogP contribution >= 0.6 is 0 Å². The number of nitrogen functional groups attached to an aromatic ring is 1. The number of nitrogens with one attached hydrogen (secondary N) is 1. The fourth-order valence-corrected chi connectivity index (χ4v) is 1.70. The normalized spacial score (nSPS) is 10.5. The molecular weight excluding hydrogens is 244 g/mol. The minimum atomic E-state index is -0.221. The first-order valence-corrected chi connectivity index (χ1v) is 5.62. The molecule has 94 valence electrons. The average molecular weight is 254 g/mol. The van der Waals surface area contributed by atoms with Crippen LogP contribution in [0.5, 0.6) is 0 Å². The molecule has 0 aliphatic rings. The maximum atomic E-state index is 11.2. The number of nitrogens with two attached hydrogens (primary N) is 1. The Morgan fingerprint density at radius 1 is 1.16 bits per heavy atom. The van der Waals surface area contributed by atoms with E-state index in [9.17, 15) is 4.79 Å². The largest absolute Gasteiger partial charge is 0.399 e. The molecule has 0 aliphatic heterocycles. The van der Waals surface area contributed by atoms with E-state index in [2.05, 4.69) is 15.1 Å². The topological polar surface area (TPSA) is 97.8 Å². The highest BCUT2D eigenvalue weighted by Crippen LogP contribution is 2.21. The van der Waals surface area contributed by atoms with Gasteiger partial charge in [0.05, 0.1) is 0 Å². The summed E-state index contributed by atoms with van der Waals surface area (Å²) in [7, 11) is 0. The van der Waals surface area contributed by atoms with Crippen LogP contribution in [0.1, 0.15) is 0 Å². The van der Waals surface area contributed by atoms with Gasteiger partial charge < -0.3 is 15.2 Å². The van der Waals surface area contributed by atoms with E-state index in [1.165, 1.54) is 6.07 Å². The van der Waals surface area contributed by atoms with Crippen molar-refractivity contribution in [2.24, 2.45) is 0 Å². The fourth-order valence-electron chi connectivity index (χ4n) is 1.70. The lowest BCUT2D eigenvalue weighted by molar-refractivity contribution is 0.431. The molecule has 0 fully saturated rings. The highest BCUT2D eigenvalue weighted by Gasteiger charge is 2.11. The Bertz CT molecular complexity index is 776. The molecule has 3 aromatic rings. The van der Waals surface area contributed by atoms with E-state index in [-0.39, 0.29) is 11.4 Å². The fraction of sp³-hybridized carbons (Fsp3) is 0. The van der Waals surface area contributed by atoms with Gasteiger partial charge in [0.25, 0.3) is 5.89 Å². The third-order valence-electron chi connectivity index (χ3n) is 2.57. The van der Waals surface area contributed by atoms with Crippen LogP contribution in [0.25, 0.3) is 23.0 Å². The van der Waals surface area contributed by atoms with Gasteiger partial charge in [0, 0.05) is 17.3 Å². The zero-order chi connectivity index (χ0) is 13.2. The third kappa shape index (κ3) is 2.23. The summed E-state index contributed by atoms with van der Waals surface area (Å²) < 4.78 is 5.13. The van der Waals surface area contributed by atoms with Gasteiger partial charge in [-0.05, 0) is 18.2 Å². The monoisotopic (exact) mass is 254 g/mol. The van der Waals surface area contributed by atoms with Crippen LogP contribution < -0.4 is 11.3 Å². The van der Waals surface area contributed by atoms with Crippen molar-refractivity contribution in [1.82, 2.24) is 15.1 Å². The first kappa shape index (κ1) is 11.2. The van der Waals surface area contributed by atoms with E-state index in [0.717, 1.165) is 5.56 Å². The molecule has 0 aliphatic carbocycles. The minimum absolute atomic E-state index is 0.221. The number of anilines is 1. The van der Waals surface area contributed by atoms with Crippen molar-refractivity contribution in [3.05, 3.63) is 52.8 Å². The second-order valence-electron chi connectivity index (χ2n) is 3.98. The van der Waals surface area contributed by atoms with Crippen molar-refractivity contribution in [1.29, 1.82) is 0 Å².